The molecule has 0 aliphatic carbocycles. The summed E-state index contributed by atoms with van der Waals surface area (Å²) in [6.45, 7) is 17.4. The Labute approximate surface area is 570 Å². The molecule has 0 aliphatic heterocycles. The summed E-state index contributed by atoms with van der Waals surface area (Å²) in [5.74, 6) is 0. The van der Waals surface area contributed by atoms with Gasteiger partial charge in [0.05, 0.1) is 0 Å². The summed E-state index contributed by atoms with van der Waals surface area (Å²) in [6, 6.07) is 117. The number of rotatable bonds is 24. The molecule has 12 aromatic carbocycles. The maximum Gasteiger partial charge on any atom is 0 e. The van der Waals surface area contributed by atoms with Crippen LogP contribution in [0.15, 0.2) is 341 Å². The van der Waals surface area contributed by atoms with Gasteiger partial charge >= 0.3 is 0 Å². The molecule has 0 spiro atoms. The van der Waals surface area contributed by atoms with E-state index >= 15 is 0 Å². The van der Waals surface area contributed by atoms with E-state index in [1.54, 1.807) is 0 Å². The van der Waals surface area contributed by atoms with Crippen LogP contribution in [0.4, 0.5) is 0 Å². The summed E-state index contributed by atoms with van der Waals surface area (Å²) in [6.07, 6.45) is 17.1. The molecule has 0 radical (unpaired) electrons. The molecular weight excluding hydrogens is 1240 g/mol. The van der Waals surface area contributed by atoms with Crippen LogP contribution in [0.1, 0.15) is 86.8 Å². The second kappa shape index (κ2) is 33.3. The van der Waals surface area contributed by atoms with Gasteiger partial charge < -0.3 is 28.3 Å². The standard InChI is InChI=1S/2C44H41P2.Fe/c2*1-4-35-28-30-36(31-29-35)19-17-18-32-44(2,3)37-33-42(45(38-20-9-5-10-21-38)39-22-11-6-12-23-39)43(34-37)46(40-24-13-7-14-25-40)41-26-15-8-16-27-41;/h2*4-17,19-31,33-34H,1,18,32H2,2-3H3;/q-5;-1;. The molecule has 93 heavy (non-hydrogen) atoms. The Morgan fingerprint density at radius 3 is 0.849 bits per heavy atom. The molecule has 0 saturated carbocycles. The number of benzene rings is 10. The zero-order chi connectivity index (χ0) is 63.5. The molecule has 0 atom stereocenters. The zero-order valence-electron chi connectivity index (χ0n) is 53.9. The molecule has 0 aliphatic rings. The fourth-order valence-corrected chi connectivity index (χ4v) is 22.5. The van der Waals surface area contributed by atoms with Gasteiger partial charge in [-0.2, -0.15) is 33.7 Å². The van der Waals surface area contributed by atoms with Crippen molar-refractivity contribution >= 4 is 120 Å². The normalized spacial score (nSPS) is 11.7. The molecule has 0 fully saturated rings. The van der Waals surface area contributed by atoms with Crippen LogP contribution in [0.3, 0.4) is 0 Å². The first kappa shape index (κ1) is 68.0. The first-order valence-corrected chi connectivity index (χ1v) is 37.4. The predicted octanol–water partition coefficient (Wildman–Crippen LogP) is 18.7. The summed E-state index contributed by atoms with van der Waals surface area (Å²) in [5.41, 5.74) is 7.64. The van der Waals surface area contributed by atoms with Crippen LogP contribution in [-0.2, 0) is 27.9 Å². The number of hydrogen-bond donors (Lipinski definition) is 0. The fraction of sp³-hybridized carbons (Fsp3) is 0.114. The van der Waals surface area contributed by atoms with E-state index in [0.717, 1.165) is 36.8 Å². The Balaban J connectivity index is 0.000000201. The minimum absolute atomic E-state index is 0. The first-order chi connectivity index (χ1) is 45.1. The van der Waals surface area contributed by atoms with E-state index < -0.39 is 31.7 Å². The average Bonchev–Trinajstić information content (AvgIpc) is 1.67. The van der Waals surface area contributed by atoms with Gasteiger partial charge in [-0.05, 0) is 56.3 Å². The minimum Gasteiger partial charge on any atom is -0.738 e. The van der Waals surface area contributed by atoms with Crippen LogP contribution in [0.2, 0.25) is 0 Å². The van der Waals surface area contributed by atoms with Crippen molar-refractivity contribution in [1.29, 1.82) is 0 Å². The number of hydrogen-bond acceptors (Lipinski definition) is 0. The van der Waals surface area contributed by atoms with Gasteiger partial charge in [-0.25, -0.2) is 15.8 Å². The van der Waals surface area contributed by atoms with Gasteiger partial charge in [0, 0.05) is 17.1 Å². The fourth-order valence-electron chi connectivity index (χ4n) is 11.9. The van der Waals surface area contributed by atoms with E-state index in [0.29, 0.717) is 0 Å². The van der Waals surface area contributed by atoms with Crippen LogP contribution >= 0.6 is 31.7 Å². The number of allylic oxidation sites excluding steroid dienone is 2. The third-order valence-electron chi connectivity index (χ3n) is 17.2. The van der Waals surface area contributed by atoms with Gasteiger partial charge in [-0.15, -0.1) is 0 Å². The molecule has 468 valence electrons. The van der Waals surface area contributed by atoms with Crippen molar-refractivity contribution in [3.05, 3.63) is 374 Å². The Morgan fingerprint density at radius 2 is 0.581 bits per heavy atom. The quantitative estimate of drug-likeness (QED) is 0.0321. The van der Waals surface area contributed by atoms with Crippen molar-refractivity contribution in [1.82, 2.24) is 0 Å². The second-order valence-electron chi connectivity index (χ2n) is 24.4. The van der Waals surface area contributed by atoms with Crippen LogP contribution in [0.5, 0.6) is 0 Å². The van der Waals surface area contributed by atoms with Crippen molar-refractivity contribution in [3.63, 3.8) is 0 Å². The van der Waals surface area contributed by atoms with Crippen molar-refractivity contribution in [3.8, 4) is 0 Å². The summed E-state index contributed by atoms with van der Waals surface area (Å²) >= 11 is 0. The molecule has 0 saturated heterocycles. The van der Waals surface area contributed by atoms with E-state index in [1.807, 2.05) is 12.2 Å². The molecule has 12 aromatic rings. The molecule has 0 nitrogen and oxygen atoms in total. The monoisotopic (exact) mass is 1320 g/mol. The average molecular weight is 1320 g/mol. The zero-order valence-corrected chi connectivity index (χ0v) is 58.6. The Hall–Kier alpha value is -7.90. The van der Waals surface area contributed by atoms with Crippen LogP contribution in [0.25, 0.3) is 24.3 Å². The van der Waals surface area contributed by atoms with Crippen LogP contribution in [0, 0.1) is 0 Å². The molecule has 0 bridgehead atoms. The Morgan fingerprint density at radius 1 is 0.333 bits per heavy atom. The summed E-state index contributed by atoms with van der Waals surface area (Å²) in [7, 11) is -3.05. The molecular formula is C88H82FeP4-6. The second-order valence-corrected chi connectivity index (χ2v) is 33.2. The predicted molar refractivity (Wildman–Crippen MR) is 415 cm³/mol. The van der Waals surface area contributed by atoms with Gasteiger partial charge in [0.2, 0.25) is 0 Å². The van der Waals surface area contributed by atoms with Gasteiger partial charge in [0.25, 0.3) is 0 Å². The first-order valence-electron chi connectivity index (χ1n) is 32.1. The van der Waals surface area contributed by atoms with E-state index in [4.69, 9.17) is 0 Å². The molecule has 0 N–H and O–H groups in total. The maximum absolute atomic E-state index is 3.87. The maximum atomic E-state index is 3.87. The molecule has 0 aromatic heterocycles. The van der Waals surface area contributed by atoms with Crippen molar-refractivity contribution in [2.75, 3.05) is 0 Å². The molecule has 12 rings (SSSR count). The van der Waals surface area contributed by atoms with Gasteiger partial charge in [0.1, 0.15) is 0 Å². The van der Waals surface area contributed by atoms with E-state index in [2.05, 4.69) is 381 Å². The smallest absolute Gasteiger partial charge is 0 e. The third kappa shape index (κ3) is 17.5. The van der Waals surface area contributed by atoms with E-state index in [9.17, 15) is 0 Å². The molecule has 5 heteroatoms. The van der Waals surface area contributed by atoms with E-state index in [1.165, 1.54) is 85.9 Å². The molecule has 0 amide bonds. The third-order valence-corrected chi connectivity index (χ3v) is 27.4. The molecule has 0 heterocycles. The van der Waals surface area contributed by atoms with Gasteiger partial charge in [-0.3, -0.25) is 0 Å². The topological polar surface area (TPSA) is 0 Å². The minimum atomic E-state index is -0.762. The molecule has 0 unspecified atom stereocenters. The Kier molecular flexibility index (Phi) is 24.3. The van der Waals surface area contributed by atoms with Crippen molar-refractivity contribution in [2.24, 2.45) is 0 Å². The van der Waals surface area contributed by atoms with Gasteiger partial charge in [-0.1, -0.05) is 424 Å². The van der Waals surface area contributed by atoms with Crippen LogP contribution < -0.4 is 63.7 Å². The summed E-state index contributed by atoms with van der Waals surface area (Å²) in [5, 5.41) is 17.0. The largest absolute Gasteiger partial charge is 0.738 e. The van der Waals surface area contributed by atoms with Gasteiger partial charge in [0.15, 0.2) is 0 Å². The summed E-state index contributed by atoms with van der Waals surface area (Å²) < 4.78 is 0. The van der Waals surface area contributed by atoms with E-state index in [-0.39, 0.29) is 27.9 Å². The summed E-state index contributed by atoms with van der Waals surface area (Å²) in [4.78, 5) is 0. The van der Waals surface area contributed by atoms with Crippen LogP contribution in [-0.4, -0.2) is 0 Å². The van der Waals surface area contributed by atoms with Crippen molar-refractivity contribution < 1.29 is 17.1 Å². The SMILES string of the molecule is C=Cc1ccc(C=CCCC(C)(C)[c-]2[cH-][c-](P(c3ccccc3)c3ccccc3)[c-](P(c3ccccc3)c3ccccc3)[cH-]2)cc1.C=Cc1ccc(C=CCCC(C)(C)[c-]2cc(P(c3ccccc3)c3ccccc3)c(P(c3ccccc3)c3ccccc3)c2)cc1.[Fe]. The Bertz CT molecular complexity index is 3630. The van der Waals surface area contributed by atoms with Crippen molar-refractivity contribution in [2.45, 2.75) is 64.2 Å².